The molecule has 0 saturated carbocycles. The Bertz CT molecular complexity index is 982. The molecule has 1 heterocycles. The molecular formula is C22H24N4O2S. The largest absolute Gasteiger partial charge is 0.348 e. The minimum atomic E-state index is -0.321. The van der Waals surface area contributed by atoms with Crippen LogP contribution in [-0.4, -0.2) is 22.0 Å². The number of carbonyl (C=O) groups is 2. The number of rotatable bonds is 8. The Labute approximate surface area is 174 Å². The minimum absolute atomic E-state index is 0.193. The van der Waals surface area contributed by atoms with E-state index in [1.165, 1.54) is 16.9 Å². The second-order valence-electron chi connectivity index (χ2n) is 6.64. The van der Waals surface area contributed by atoms with Gasteiger partial charge in [-0.1, -0.05) is 55.5 Å². The third-order valence-electron chi connectivity index (χ3n) is 4.39. The number of nitrogens with one attached hydrogen (secondary N) is 2. The first kappa shape index (κ1) is 20.7. The molecule has 29 heavy (non-hydrogen) atoms. The summed E-state index contributed by atoms with van der Waals surface area (Å²) in [7, 11) is 0. The Morgan fingerprint density at radius 1 is 0.966 bits per heavy atom. The minimum Gasteiger partial charge on any atom is -0.348 e. The molecule has 0 aliphatic heterocycles. The third-order valence-corrected chi connectivity index (χ3v) is 5.37. The zero-order chi connectivity index (χ0) is 20.6. The van der Waals surface area contributed by atoms with Gasteiger partial charge in [-0.15, -0.1) is 10.2 Å². The highest BCUT2D eigenvalue weighted by Gasteiger charge is 2.14. The number of aromatic nitrogens is 2. The molecule has 0 saturated heterocycles. The van der Waals surface area contributed by atoms with Crippen LogP contribution in [0.25, 0.3) is 0 Å². The van der Waals surface area contributed by atoms with Gasteiger partial charge in [0.2, 0.25) is 5.01 Å². The number of hydrogen-bond donors (Lipinski definition) is 2. The highest BCUT2D eigenvalue weighted by Crippen LogP contribution is 2.16. The smallest absolute Gasteiger partial charge is 0.286 e. The van der Waals surface area contributed by atoms with E-state index in [0.717, 1.165) is 29.8 Å². The lowest BCUT2D eigenvalue weighted by Gasteiger charge is -2.08. The van der Waals surface area contributed by atoms with E-state index in [-0.39, 0.29) is 11.8 Å². The zero-order valence-corrected chi connectivity index (χ0v) is 17.4. The Kier molecular flexibility index (Phi) is 7.08. The van der Waals surface area contributed by atoms with Gasteiger partial charge in [0.05, 0.1) is 0 Å². The predicted octanol–water partition coefficient (Wildman–Crippen LogP) is 4.24. The summed E-state index contributed by atoms with van der Waals surface area (Å²) in [5.74, 6) is -0.514. The maximum Gasteiger partial charge on any atom is 0.286 e. The highest BCUT2D eigenvalue weighted by atomic mass is 32.1. The Morgan fingerprint density at radius 3 is 2.45 bits per heavy atom. The summed E-state index contributed by atoms with van der Waals surface area (Å²) in [4.78, 5) is 24.9. The maximum absolute atomic E-state index is 12.5. The van der Waals surface area contributed by atoms with Crippen molar-refractivity contribution >= 4 is 28.8 Å². The number of nitrogens with zero attached hydrogens (tertiary/aromatic N) is 2. The van der Waals surface area contributed by atoms with Crippen LogP contribution >= 0.6 is 11.3 Å². The fraction of sp³-hybridized carbons (Fsp3) is 0.273. The van der Waals surface area contributed by atoms with Crippen LogP contribution in [0, 0.1) is 0 Å². The highest BCUT2D eigenvalue weighted by molar-refractivity contribution is 7.13. The van der Waals surface area contributed by atoms with E-state index in [4.69, 9.17) is 0 Å². The van der Waals surface area contributed by atoms with Crippen molar-refractivity contribution in [3.05, 3.63) is 75.2 Å². The molecule has 3 rings (SSSR count). The molecule has 2 aromatic carbocycles. The molecule has 6 nitrogen and oxygen atoms in total. The molecule has 150 valence electrons. The Morgan fingerprint density at radius 2 is 1.72 bits per heavy atom. The monoisotopic (exact) mass is 408 g/mol. The Hall–Kier alpha value is -3.06. The van der Waals surface area contributed by atoms with Crippen molar-refractivity contribution in [2.45, 2.75) is 39.7 Å². The first-order valence-electron chi connectivity index (χ1n) is 9.68. The van der Waals surface area contributed by atoms with E-state index in [9.17, 15) is 9.59 Å². The van der Waals surface area contributed by atoms with Crippen molar-refractivity contribution in [2.75, 3.05) is 5.32 Å². The van der Waals surface area contributed by atoms with Crippen molar-refractivity contribution in [1.82, 2.24) is 15.5 Å². The second kappa shape index (κ2) is 9.93. The maximum atomic E-state index is 12.5. The molecule has 0 fully saturated rings. The van der Waals surface area contributed by atoms with Crippen LogP contribution in [0.2, 0.25) is 0 Å². The van der Waals surface area contributed by atoms with Crippen LogP contribution in [0.3, 0.4) is 0 Å². The number of hydrogen-bond acceptors (Lipinski definition) is 5. The van der Waals surface area contributed by atoms with Gasteiger partial charge < -0.3 is 10.6 Å². The van der Waals surface area contributed by atoms with Crippen LogP contribution in [0.4, 0.5) is 5.69 Å². The van der Waals surface area contributed by atoms with Crippen molar-refractivity contribution in [3.8, 4) is 0 Å². The number of carbonyl (C=O) groups excluding carboxylic acids is 2. The lowest BCUT2D eigenvalue weighted by molar-refractivity contribution is 0.0949. The lowest BCUT2D eigenvalue weighted by Crippen LogP contribution is -2.23. The summed E-state index contributed by atoms with van der Waals surface area (Å²) in [6.07, 6.45) is 2.75. The SMILES string of the molecule is CCCc1nnc(C(=O)Nc2cccc(C(=O)NCc3ccc(CC)cc3)c2)s1. The molecule has 0 bridgehead atoms. The van der Waals surface area contributed by atoms with E-state index in [1.807, 2.05) is 12.1 Å². The molecule has 3 aromatic rings. The van der Waals surface area contributed by atoms with Gasteiger partial charge in [0.1, 0.15) is 5.01 Å². The van der Waals surface area contributed by atoms with Crippen LogP contribution in [0.5, 0.6) is 0 Å². The quantitative estimate of drug-likeness (QED) is 0.584. The van der Waals surface area contributed by atoms with Gasteiger partial charge in [0.25, 0.3) is 11.8 Å². The van der Waals surface area contributed by atoms with Gasteiger partial charge >= 0.3 is 0 Å². The van der Waals surface area contributed by atoms with Crippen molar-refractivity contribution in [1.29, 1.82) is 0 Å². The summed E-state index contributed by atoms with van der Waals surface area (Å²) < 4.78 is 0. The molecule has 0 unspecified atom stereocenters. The van der Waals surface area contributed by atoms with Crippen molar-refractivity contribution < 1.29 is 9.59 Å². The topological polar surface area (TPSA) is 84.0 Å². The molecular weight excluding hydrogens is 384 g/mol. The molecule has 1 aromatic heterocycles. The summed E-state index contributed by atoms with van der Waals surface area (Å²) >= 11 is 1.29. The first-order valence-corrected chi connectivity index (χ1v) is 10.5. The average Bonchev–Trinajstić information content (AvgIpc) is 3.22. The number of amides is 2. The third kappa shape index (κ3) is 5.71. The second-order valence-corrected chi connectivity index (χ2v) is 7.70. The fourth-order valence-electron chi connectivity index (χ4n) is 2.76. The summed E-state index contributed by atoms with van der Waals surface area (Å²) in [6.45, 7) is 4.61. The molecule has 7 heteroatoms. The first-order chi connectivity index (χ1) is 14.1. The van der Waals surface area contributed by atoms with Crippen LogP contribution in [-0.2, 0) is 19.4 Å². The molecule has 0 spiro atoms. The molecule has 0 radical (unpaired) electrons. The van der Waals surface area contributed by atoms with E-state index >= 15 is 0 Å². The van der Waals surface area contributed by atoms with Gasteiger partial charge in [-0.2, -0.15) is 0 Å². The van der Waals surface area contributed by atoms with E-state index in [1.54, 1.807) is 24.3 Å². The molecule has 2 amide bonds. The molecule has 0 atom stereocenters. The van der Waals surface area contributed by atoms with Gasteiger partial charge in [-0.25, -0.2) is 0 Å². The number of anilines is 1. The lowest BCUT2D eigenvalue weighted by atomic mass is 10.1. The number of benzene rings is 2. The van der Waals surface area contributed by atoms with Crippen LogP contribution in [0.1, 0.15) is 56.6 Å². The standard InChI is InChI=1S/C22H24N4O2S/c1-3-6-19-25-26-22(29-19)21(28)24-18-8-5-7-17(13-18)20(27)23-14-16-11-9-15(4-2)10-12-16/h5,7-13H,3-4,6,14H2,1-2H3,(H,23,27)(H,24,28). The van der Waals surface area contributed by atoms with Gasteiger partial charge in [-0.3, -0.25) is 9.59 Å². The van der Waals surface area contributed by atoms with Gasteiger partial charge in [-0.05, 0) is 42.2 Å². The predicted molar refractivity (Wildman–Crippen MR) is 115 cm³/mol. The number of aryl methyl sites for hydroxylation is 2. The summed E-state index contributed by atoms with van der Waals surface area (Å²) in [5, 5.41) is 14.8. The zero-order valence-electron chi connectivity index (χ0n) is 16.6. The van der Waals surface area contributed by atoms with Crippen LogP contribution < -0.4 is 10.6 Å². The van der Waals surface area contributed by atoms with Crippen molar-refractivity contribution in [2.24, 2.45) is 0 Å². The van der Waals surface area contributed by atoms with E-state index < -0.39 is 0 Å². The molecule has 2 N–H and O–H groups in total. The summed E-state index contributed by atoms with van der Waals surface area (Å²) in [6, 6.07) is 15.0. The van der Waals surface area contributed by atoms with Crippen molar-refractivity contribution in [3.63, 3.8) is 0 Å². The van der Waals surface area contributed by atoms with Crippen LogP contribution in [0.15, 0.2) is 48.5 Å². The van der Waals surface area contributed by atoms with Gasteiger partial charge in [0, 0.05) is 24.2 Å². The molecule has 0 aliphatic carbocycles. The fourth-order valence-corrected chi connectivity index (χ4v) is 3.60. The van der Waals surface area contributed by atoms with E-state index in [2.05, 4.69) is 46.8 Å². The Balaban J connectivity index is 1.60. The van der Waals surface area contributed by atoms with Gasteiger partial charge in [0.15, 0.2) is 0 Å². The molecule has 0 aliphatic rings. The summed E-state index contributed by atoms with van der Waals surface area (Å²) in [5.41, 5.74) is 3.33. The normalized spacial score (nSPS) is 10.6. The van der Waals surface area contributed by atoms with E-state index in [0.29, 0.717) is 22.8 Å². The average molecular weight is 409 g/mol.